The number of aromatic nitrogens is 3. The van der Waals surface area contributed by atoms with E-state index in [0.717, 1.165) is 17.0 Å². The summed E-state index contributed by atoms with van der Waals surface area (Å²) in [4.78, 5) is 27.3. The molecule has 2 aromatic heterocycles. The van der Waals surface area contributed by atoms with Gasteiger partial charge in [0.2, 0.25) is 0 Å². The number of pyridine rings is 1. The van der Waals surface area contributed by atoms with E-state index in [4.69, 9.17) is 9.72 Å². The summed E-state index contributed by atoms with van der Waals surface area (Å²) in [5, 5.41) is 0. The summed E-state index contributed by atoms with van der Waals surface area (Å²) >= 11 is 0. The Morgan fingerprint density at radius 3 is 2.65 bits per heavy atom. The largest absolute Gasteiger partial charge is 0.368 e. The van der Waals surface area contributed by atoms with Crippen molar-refractivity contribution in [2.45, 2.75) is 6.10 Å². The Bertz CT molecular complexity index is 887. The lowest BCUT2D eigenvalue weighted by molar-refractivity contribution is -0.0246. The first-order valence-electron chi connectivity index (χ1n) is 8.49. The molecule has 26 heavy (non-hydrogen) atoms. The number of nitrogens with zero attached hydrogens (tertiary/aromatic N) is 4. The molecule has 6 heteroatoms. The maximum absolute atomic E-state index is 12.7. The Kier molecular flexibility index (Phi) is 4.66. The van der Waals surface area contributed by atoms with E-state index in [1.807, 2.05) is 53.4 Å². The van der Waals surface area contributed by atoms with E-state index in [9.17, 15) is 4.79 Å². The molecule has 0 aliphatic carbocycles. The fourth-order valence-electron chi connectivity index (χ4n) is 3.00. The fraction of sp³-hybridized carbons (Fsp3) is 0.200. The molecule has 1 aliphatic rings. The maximum Gasteiger partial charge on any atom is 0.254 e. The lowest BCUT2D eigenvalue weighted by Gasteiger charge is -2.32. The number of morpholine rings is 1. The van der Waals surface area contributed by atoms with Crippen LogP contribution in [0, 0.1) is 0 Å². The highest BCUT2D eigenvalue weighted by Gasteiger charge is 2.27. The predicted octanol–water partition coefficient (Wildman–Crippen LogP) is 2.75. The van der Waals surface area contributed by atoms with Gasteiger partial charge in [-0.15, -0.1) is 0 Å². The van der Waals surface area contributed by atoms with E-state index in [-0.39, 0.29) is 12.0 Å². The number of amides is 1. The van der Waals surface area contributed by atoms with Crippen LogP contribution >= 0.6 is 0 Å². The van der Waals surface area contributed by atoms with Gasteiger partial charge in [-0.25, -0.2) is 15.0 Å². The first-order valence-corrected chi connectivity index (χ1v) is 8.49. The second-order valence-corrected chi connectivity index (χ2v) is 6.05. The summed E-state index contributed by atoms with van der Waals surface area (Å²) in [6.45, 7) is 1.55. The lowest BCUT2D eigenvalue weighted by atomic mass is 10.1. The zero-order valence-corrected chi connectivity index (χ0v) is 14.2. The van der Waals surface area contributed by atoms with Crippen molar-refractivity contribution in [3.63, 3.8) is 0 Å². The van der Waals surface area contributed by atoms with Crippen molar-refractivity contribution in [3.8, 4) is 11.3 Å². The third-order valence-electron chi connectivity index (χ3n) is 4.33. The molecule has 1 atom stereocenters. The number of hydrogen-bond donors (Lipinski definition) is 0. The van der Waals surface area contributed by atoms with E-state index >= 15 is 0 Å². The van der Waals surface area contributed by atoms with Crippen molar-refractivity contribution >= 4 is 5.91 Å². The molecule has 0 bridgehead atoms. The standard InChI is InChI=1S/C20H18N4O2/c25-20(15-5-2-1-3-6-15)24-9-10-26-19(13-24)18-8-4-7-17(23-18)16-11-21-14-22-12-16/h1-8,11-12,14,19H,9-10,13H2/t19-/m0/s1. The van der Waals surface area contributed by atoms with Crippen molar-refractivity contribution in [1.29, 1.82) is 0 Å². The van der Waals surface area contributed by atoms with Crippen LogP contribution in [0.5, 0.6) is 0 Å². The number of benzene rings is 1. The number of carbonyl (C=O) groups excluding carboxylic acids is 1. The Hall–Kier alpha value is -3.12. The minimum absolute atomic E-state index is 0.0199. The zero-order chi connectivity index (χ0) is 17.8. The van der Waals surface area contributed by atoms with Crippen LogP contribution in [0.4, 0.5) is 0 Å². The van der Waals surface area contributed by atoms with Gasteiger partial charge in [0.1, 0.15) is 12.4 Å². The van der Waals surface area contributed by atoms with Gasteiger partial charge in [-0.05, 0) is 24.3 Å². The van der Waals surface area contributed by atoms with Crippen molar-refractivity contribution in [1.82, 2.24) is 19.9 Å². The molecule has 0 N–H and O–H groups in total. The van der Waals surface area contributed by atoms with Crippen LogP contribution in [-0.4, -0.2) is 45.5 Å². The van der Waals surface area contributed by atoms with Gasteiger partial charge < -0.3 is 9.64 Å². The normalized spacial score (nSPS) is 17.1. The summed E-state index contributed by atoms with van der Waals surface area (Å²) in [7, 11) is 0. The Morgan fingerprint density at radius 1 is 1.04 bits per heavy atom. The average molecular weight is 346 g/mol. The van der Waals surface area contributed by atoms with E-state index in [2.05, 4.69) is 9.97 Å². The van der Waals surface area contributed by atoms with Gasteiger partial charge in [0, 0.05) is 30.1 Å². The molecule has 1 aliphatic heterocycles. The number of hydrogen-bond acceptors (Lipinski definition) is 5. The van der Waals surface area contributed by atoms with Crippen molar-refractivity contribution in [2.24, 2.45) is 0 Å². The molecule has 1 amide bonds. The lowest BCUT2D eigenvalue weighted by Crippen LogP contribution is -2.42. The van der Waals surface area contributed by atoms with Gasteiger partial charge >= 0.3 is 0 Å². The monoisotopic (exact) mass is 346 g/mol. The molecular formula is C20H18N4O2. The molecule has 0 spiro atoms. The molecular weight excluding hydrogens is 328 g/mol. The third-order valence-corrected chi connectivity index (χ3v) is 4.33. The van der Waals surface area contributed by atoms with E-state index in [1.54, 1.807) is 12.4 Å². The van der Waals surface area contributed by atoms with Crippen LogP contribution in [0.1, 0.15) is 22.2 Å². The highest BCUT2D eigenvalue weighted by molar-refractivity contribution is 5.94. The van der Waals surface area contributed by atoms with Crippen molar-refractivity contribution < 1.29 is 9.53 Å². The van der Waals surface area contributed by atoms with E-state index in [1.165, 1.54) is 6.33 Å². The minimum Gasteiger partial charge on any atom is -0.368 e. The van der Waals surface area contributed by atoms with Gasteiger partial charge in [-0.1, -0.05) is 24.3 Å². The number of carbonyl (C=O) groups is 1. The van der Waals surface area contributed by atoms with Crippen LogP contribution < -0.4 is 0 Å². The summed E-state index contributed by atoms with van der Waals surface area (Å²) in [6.07, 6.45) is 4.70. The first-order chi connectivity index (χ1) is 12.8. The summed E-state index contributed by atoms with van der Waals surface area (Å²) < 4.78 is 5.88. The van der Waals surface area contributed by atoms with Gasteiger partial charge in [-0.3, -0.25) is 4.79 Å². The van der Waals surface area contributed by atoms with E-state index < -0.39 is 0 Å². The van der Waals surface area contributed by atoms with Crippen LogP contribution in [0.25, 0.3) is 11.3 Å². The van der Waals surface area contributed by atoms with Crippen molar-refractivity contribution in [2.75, 3.05) is 19.7 Å². The Labute approximate surface area is 151 Å². The Morgan fingerprint density at radius 2 is 1.85 bits per heavy atom. The molecule has 1 aromatic carbocycles. The summed E-state index contributed by atoms with van der Waals surface area (Å²) in [6, 6.07) is 15.1. The van der Waals surface area contributed by atoms with Crippen LogP contribution in [0.2, 0.25) is 0 Å². The number of ether oxygens (including phenoxy) is 1. The zero-order valence-electron chi connectivity index (χ0n) is 14.2. The fourth-order valence-corrected chi connectivity index (χ4v) is 3.00. The number of rotatable bonds is 3. The average Bonchev–Trinajstić information content (AvgIpc) is 2.75. The SMILES string of the molecule is O=C(c1ccccc1)N1CCO[C@H](c2cccc(-c3cncnc3)n2)C1. The van der Waals surface area contributed by atoms with Crippen LogP contribution in [-0.2, 0) is 4.74 Å². The molecule has 0 unspecified atom stereocenters. The third kappa shape index (κ3) is 3.45. The molecule has 4 rings (SSSR count). The molecule has 130 valence electrons. The smallest absolute Gasteiger partial charge is 0.254 e. The molecule has 6 nitrogen and oxygen atoms in total. The Balaban J connectivity index is 1.54. The first kappa shape index (κ1) is 16.4. The topological polar surface area (TPSA) is 68.2 Å². The van der Waals surface area contributed by atoms with Crippen molar-refractivity contribution in [3.05, 3.63) is 78.5 Å². The highest BCUT2D eigenvalue weighted by Crippen LogP contribution is 2.24. The van der Waals surface area contributed by atoms with Gasteiger partial charge in [0.05, 0.1) is 24.5 Å². The summed E-state index contributed by atoms with van der Waals surface area (Å²) in [5.74, 6) is 0.0199. The molecule has 3 heterocycles. The highest BCUT2D eigenvalue weighted by atomic mass is 16.5. The van der Waals surface area contributed by atoms with E-state index in [0.29, 0.717) is 25.3 Å². The molecule has 3 aromatic rings. The quantitative estimate of drug-likeness (QED) is 0.729. The van der Waals surface area contributed by atoms with Gasteiger partial charge in [-0.2, -0.15) is 0 Å². The molecule has 1 saturated heterocycles. The molecule has 0 radical (unpaired) electrons. The molecule has 1 fully saturated rings. The van der Waals surface area contributed by atoms with Crippen LogP contribution in [0.3, 0.4) is 0 Å². The second kappa shape index (κ2) is 7.41. The maximum atomic E-state index is 12.7. The minimum atomic E-state index is -0.249. The predicted molar refractivity (Wildman–Crippen MR) is 96.3 cm³/mol. The van der Waals surface area contributed by atoms with Crippen LogP contribution in [0.15, 0.2) is 67.3 Å². The van der Waals surface area contributed by atoms with Gasteiger partial charge in [0.15, 0.2) is 0 Å². The second-order valence-electron chi connectivity index (χ2n) is 6.05. The molecule has 0 saturated carbocycles. The van der Waals surface area contributed by atoms with Gasteiger partial charge in [0.25, 0.3) is 5.91 Å². The summed E-state index contributed by atoms with van der Waals surface area (Å²) in [5.41, 5.74) is 3.13.